The van der Waals surface area contributed by atoms with Crippen LogP contribution in [0.15, 0.2) is 34.9 Å². The molecule has 1 aliphatic rings. The summed E-state index contributed by atoms with van der Waals surface area (Å²) in [7, 11) is 0. The molecule has 1 atom stereocenters. The van der Waals surface area contributed by atoms with E-state index in [0.29, 0.717) is 18.0 Å². The number of rotatable bonds is 6. The van der Waals surface area contributed by atoms with Crippen LogP contribution >= 0.6 is 28.3 Å². The summed E-state index contributed by atoms with van der Waals surface area (Å²) in [5, 5.41) is 7.34. The van der Waals surface area contributed by atoms with Crippen LogP contribution in [0.4, 0.5) is 0 Å². The van der Waals surface area contributed by atoms with Crippen molar-refractivity contribution in [3.05, 3.63) is 46.2 Å². The molecule has 1 aromatic heterocycles. The Morgan fingerprint density at radius 1 is 1.42 bits per heavy atom. The monoisotopic (exact) mass is 412 g/mol. The Morgan fingerprint density at radius 2 is 2.08 bits per heavy atom. The lowest BCUT2D eigenvalue weighted by Gasteiger charge is -2.12. The van der Waals surface area contributed by atoms with Crippen LogP contribution in [0.5, 0.6) is 0 Å². The number of carbonyl (C=O) groups is 1. The number of benzene rings is 1. The predicted molar refractivity (Wildman–Crippen MR) is 101 cm³/mol. The van der Waals surface area contributed by atoms with E-state index in [1.165, 1.54) is 12.8 Å². The third-order valence-corrected chi connectivity index (χ3v) is 4.77. The van der Waals surface area contributed by atoms with Gasteiger partial charge in [0.2, 0.25) is 0 Å². The SMILES string of the molecule is CCc1c(C(=O)NCC(N)C2CC2)cnn1-c1ccc(Br)cc1.Cl. The fourth-order valence-corrected chi connectivity index (χ4v) is 2.97. The summed E-state index contributed by atoms with van der Waals surface area (Å²) in [6, 6.07) is 7.93. The average molecular weight is 414 g/mol. The topological polar surface area (TPSA) is 72.9 Å². The number of halogens is 2. The summed E-state index contributed by atoms with van der Waals surface area (Å²) in [5.74, 6) is 0.479. The van der Waals surface area contributed by atoms with Crippen molar-refractivity contribution in [3.8, 4) is 5.69 Å². The normalized spacial score (nSPS) is 14.8. The highest BCUT2D eigenvalue weighted by atomic mass is 79.9. The van der Waals surface area contributed by atoms with Gasteiger partial charge in [-0.3, -0.25) is 4.79 Å². The molecular formula is C17H22BrClN4O. The number of hydrogen-bond acceptors (Lipinski definition) is 3. The second-order valence-corrected chi connectivity index (χ2v) is 6.87. The Bertz CT molecular complexity index is 697. The number of aromatic nitrogens is 2. The lowest BCUT2D eigenvalue weighted by molar-refractivity contribution is 0.0949. The van der Waals surface area contributed by atoms with E-state index in [4.69, 9.17) is 5.73 Å². The standard InChI is InChI=1S/C17H21BrN4O.ClH/c1-2-16-14(17(23)20-10-15(19)11-3-4-11)9-21-22(16)13-7-5-12(18)6-8-13;/h5-9,11,15H,2-4,10,19H2,1H3,(H,20,23);1H. The minimum atomic E-state index is -0.0960. The Morgan fingerprint density at radius 3 is 2.67 bits per heavy atom. The van der Waals surface area contributed by atoms with E-state index in [0.717, 1.165) is 22.3 Å². The molecule has 1 unspecified atom stereocenters. The van der Waals surface area contributed by atoms with Crippen molar-refractivity contribution in [2.45, 2.75) is 32.2 Å². The number of nitrogens with two attached hydrogens (primary N) is 1. The molecule has 3 rings (SSSR count). The molecule has 24 heavy (non-hydrogen) atoms. The van der Waals surface area contributed by atoms with Crippen LogP contribution in [0.2, 0.25) is 0 Å². The molecule has 2 aromatic rings. The smallest absolute Gasteiger partial charge is 0.254 e. The van der Waals surface area contributed by atoms with Gasteiger partial charge in [0.25, 0.3) is 5.91 Å². The summed E-state index contributed by atoms with van der Waals surface area (Å²) in [5.41, 5.74) is 8.52. The van der Waals surface area contributed by atoms with E-state index in [2.05, 4.69) is 26.3 Å². The van der Waals surface area contributed by atoms with Crippen molar-refractivity contribution in [3.63, 3.8) is 0 Å². The zero-order valence-electron chi connectivity index (χ0n) is 13.5. The van der Waals surface area contributed by atoms with E-state index in [9.17, 15) is 4.79 Å². The zero-order valence-corrected chi connectivity index (χ0v) is 15.9. The van der Waals surface area contributed by atoms with Gasteiger partial charge in [0.05, 0.1) is 23.1 Å². The summed E-state index contributed by atoms with van der Waals surface area (Å²) in [6.45, 7) is 2.55. The van der Waals surface area contributed by atoms with Crippen LogP contribution < -0.4 is 11.1 Å². The molecule has 1 fully saturated rings. The number of amides is 1. The first-order valence-electron chi connectivity index (χ1n) is 7.96. The summed E-state index contributed by atoms with van der Waals surface area (Å²) in [6.07, 6.45) is 4.73. The average Bonchev–Trinajstić information content (AvgIpc) is 3.32. The van der Waals surface area contributed by atoms with E-state index < -0.39 is 0 Å². The molecule has 1 amide bonds. The van der Waals surface area contributed by atoms with Gasteiger partial charge in [0.15, 0.2) is 0 Å². The minimum Gasteiger partial charge on any atom is -0.350 e. The van der Waals surface area contributed by atoms with Crippen molar-refractivity contribution in [2.75, 3.05) is 6.54 Å². The maximum Gasteiger partial charge on any atom is 0.254 e. The van der Waals surface area contributed by atoms with Crippen molar-refractivity contribution < 1.29 is 4.79 Å². The van der Waals surface area contributed by atoms with Gasteiger partial charge in [0, 0.05) is 17.1 Å². The lowest BCUT2D eigenvalue weighted by Crippen LogP contribution is -2.38. The highest BCUT2D eigenvalue weighted by Gasteiger charge is 2.28. The van der Waals surface area contributed by atoms with Gasteiger partial charge >= 0.3 is 0 Å². The van der Waals surface area contributed by atoms with Gasteiger partial charge < -0.3 is 11.1 Å². The third-order valence-electron chi connectivity index (χ3n) is 4.25. The van der Waals surface area contributed by atoms with Crippen LogP contribution in [0.1, 0.15) is 35.8 Å². The molecule has 130 valence electrons. The Balaban J connectivity index is 0.00000208. The van der Waals surface area contributed by atoms with E-state index in [-0.39, 0.29) is 24.4 Å². The quantitative estimate of drug-likeness (QED) is 0.764. The highest BCUT2D eigenvalue weighted by molar-refractivity contribution is 9.10. The Kier molecular flexibility index (Phi) is 6.43. The van der Waals surface area contributed by atoms with Gasteiger partial charge in [-0.2, -0.15) is 5.10 Å². The van der Waals surface area contributed by atoms with Crippen LogP contribution in [0.3, 0.4) is 0 Å². The Labute approximate surface area is 156 Å². The third kappa shape index (κ3) is 4.18. The molecule has 0 spiro atoms. The number of carbonyl (C=O) groups excluding carboxylic acids is 1. The largest absolute Gasteiger partial charge is 0.350 e. The van der Waals surface area contributed by atoms with E-state index in [1.54, 1.807) is 6.20 Å². The van der Waals surface area contributed by atoms with Gasteiger partial charge in [-0.05, 0) is 49.4 Å². The fourth-order valence-electron chi connectivity index (χ4n) is 2.71. The van der Waals surface area contributed by atoms with Crippen LogP contribution in [-0.2, 0) is 6.42 Å². The molecule has 0 bridgehead atoms. The van der Waals surface area contributed by atoms with Crippen molar-refractivity contribution in [2.24, 2.45) is 11.7 Å². The molecule has 1 heterocycles. The first-order valence-corrected chi connectivity index (χ1v) is 8.76. The number of nitrogens with zero attached hydrogens (tertiary/aromatic N) is 2. The number of hydrogen-bond donors (Lipinski definition) is 2. The molecule has 1 aliphatic carbocycles. The fraction of sp³-hybridized carbons (Fsp3) is 0.412. The second kappa shape index (κ2) is 8.14. The molecule has 7 heteroatoms. The molecule has 0 aliphatic heterocycles. The van der Waals surface area contributed by atoms with Gasteiger partial charge in [-0.1, -0.05) is 22.9 Å². The Hall–Kier alpha value is -1.37. The summed E-state index contributed by atoms with van der Waals surface area (Å²) < 4.78 is 2.83. The van der Waals surface area contributed by atoms with Crippen LogP contribution in [-0.4, -0.2) is 28.3 Å². The molecule has 1 saturated carbocycles. The van der Waals surface area contributed by atoms with Crippen molar-refractivity contribution in [1.29, 1.82) is 0 Å². The second-order valence-electron chi connectivity index (χ2n) is 5.96. The minimum absolute atomic E-state index is 0. The molecule has 0 saturated heterocycles. The van der Waals surface area contributed by atoms with Crippen molar-refractivity contribution in [1.82, 2.24) is 15.1 Å². The number of nitrogens with one attached hydrogen (secondary N) is 1. The lowest BCUT2D eigenvalue weighted by atomic mass is 10.1. The van der Waals surface area contributed by atoms with Crippen LogP contribution in [0.25, 0.3) is 5.69 Å². The first-order chi connectivity index (χ1) is 11.1. The predicted octanol–water partition coefficient (Wildman–Crippen LogP) is 3.09. The summed E-state index contributed by atoms with van der Waals surface area (Å²) >= 11 is 3.43. The maximum absolute atomic E-state index is 12.4. The van der Waals surface area contributed by atoms with Gasteiger partial charge in [-0.25, -0.2) is 4.68 Å². The molecular weight excluding hydrogens is 392 g/mol. The van der Waals surface area contributed by atoms with Gasteiger partial charge in [0.1, 0.15) is 0 Å². The molecule has 5 nitrogen and oxygen atoms in total. The first kappa shape index (κ1) is 19.0. The highest BCUT2D eigenvalue weighted by Crippen LogP contribution is 2.31. The van der Waals surface area contributed by atoms with E-state index in [1.807, 2.05) is 35.9 Å². The summed E-state index contributed by atoms with van der Waals surface area (Å²) in [4.78, 5) is 12.4. The van der Waals surface area contributed by atoms with Crippen LogP contribution in [0, 0.1) is 5.92 Å². The molecule has 1 aromatic carbocycles. The zero-order chi connectivity index (χ0) is 16.4. The van der Waals surface area contributed by atoms with Gasteiger partial charge in [-0.15, -0.1) is 12.4 Å². The van der Waals surface area contributed by atoms with Crippen molar-refractivity contribution >= 4 is 34.2 Å². The maximum atomic E-state index is 12.4. The molecule has 3 N–H and O–H groups in total. The molecule has 0 radical (unpaired) electrons. The van der Waals surface area contributed by atoms with E-state index >= 15 is 0 Å².